The number of halogens is 2. The minimum absolute atomic E-state index is 0. The van der Waals surface area contributed by atoms with Crippen LogP contribution < -0.4 is 10.6 Å². The average molecular weight is 517 g/mol. The first kappa shape index (κ1) is 22.1. The molecule has 0 bridgehead atoms. The number of aromatic nitrogens is 5. The van der Waals surface area contributed by atoms with E-state index < -0.39 is 0 Å². The number of nitrogens with zero attached hydrogens (tertiary/aromatic N) is 6. The summed E-state index contributed by atoms with van der Waals surface area (Å²) in [4.78, 5) is 8.56. The minimum atomic E-state index is 0. The van der Waals surface area contributed by atoms with Crippen LogP contribution in [0.2, 0.25) is 5.02 Å². The largest absolute Gasteiger partial charge is 0.355 e. The molecule has 0 aliphatic heterocycles. The van der Waals surface area contributed by atoms with Crippen LogP contribution in [0, 0.1) is 0 Å². The van der Waals surface area contributed by atoms with E-state index in [1.54, 1.807) is 25.5 Å². The SMILES string of the molecule is CCc1nncn1CCNC(=NC)NCc1nc(-c2ccc(Cl)cc2)no1.I. The van der Waals surface area contributed by atoms with Crippen LogP contribution in [0.1, 0.15) is 18.6 Å². The van der Waals surface area contributed by atoms with Gasteiger partial charge >= 0.3 is 0 Å². The molecule has 0 atom stereocenters. The molecule has 0 spiro atoms. The molecule has 2 aromatic heterocycles. The summed E-state index contributed by atoms with van der Waals surface area (Å²) in [6.45, 7) is 3.85. The Morgan fingerprint density at radius 3 is 2.75 bits per heavy atom. The van der Waals surface area contributed by atoms with Crippen molar-refractivity contribution in [2.45, 2.75) is 26.4 Å². The molecule has 9 nitrogen and oxygen atoms in total. The van der Waals surface area contributed by atoms with Gasteiger partial charge in [-0.15, -0.1) is 34.2 Å². The topological polar surface area (TPSA) is 106 Å². The summed E-state index contributed by atoms with van der Waals surface area (Å²) < 4.78 is 7.29. The number of rotatable bonds is 7. The van der Waals surface area contributed by atoms with Crippen molar-refractivity contribution in [2.75, 3.05) is 13.6 Å². The van der Waals surface area contributed by atoms with Crippen molar-refractivity contribution in [3.05, 3.63) is 47.3 Å². The second-order valence-electron chi connectivity index (χ2n) is 5.67. The lowest BCUT2D eigenvalue weighted by atomic mass is 10.2. The molecule has 1 aromatic carbocycles. The number of nitrogens with one attached hydrogen (secondary N) is 2. The molecule has 11 heteroatoms. The van der Waals surface area contributed by atoms with Crippen LogP contribution in [-0.4, -0.2) is 44.5 Å². The van der Waals surface area contributed by atoms with Gasteiger partial charge in [0.1, 0.15) is 12.2 Å². The van der Waals surface area contributed by atoms with E-state index in [2.05, 4.69) is 42.9 Å². The maximum atomic E-state index is 5.89. The van der Waals surface area contributed by atoms with E-state index >= 15 is 0 Å². The Hall–Kier alpha value is -2.21. The van der Waals surface area contributed by atoms with E-state index in [1.807, 2.05) is 16.7 Å². The van der Waals surface area contributed by atoms with E-state index in [-0.39, 0.29) is 24.0 Å². The van der Waals surface area contributed by atoms with Gasteiger partial charge in [-0.2, -0.15) is 4.98 Å². The van der Waals surface area contributed by atoms with E-state index in [9.17, 15) is 0 Å². The molecular formula is C17H22ClIN8O. The molecule has 3 rings (SSSR count). The van der Waals surface area contributed by atoms with E-state index in [1.165, 1.54) is 0 Å². The number of hydrogen-bond donors (Lipinski definition) is 2. The van der Waals surface area contributed by atoms with Crippen LogP contribution in [0.5, 0.6) is 0 Å². The molecule has 0 fully saturated rings. The van der Waals surface area contributed by atoms with Crippen molar-refractivity contribution in [1.82, 2.24) is 35.5 Å². The number of benzene rings is 1. The summed E-state index contributed by atoms with van der Waals surface area (Å²) in [5.41, 5.74) is 0.845. The van der Waals surface area contributed by atoms with Gasteiger partial charge in [0.2, 0.25) is 11.7 Å². The third kappa shape index (κ3) is 5.89. The van der Waals surface area contributed by atoms with Crippen molar-refractivity contribution >= 4 is 41.5 Å². The van der Waals surface area contributed by atoms with Crippen molar-refractivity contribution in [2.24, 2.45) is 4.99 Å². The number of aryl methyl sites for hydroxylation is 1. The summed E-state index contributed by atoms with van der Waals surface area (Å²) in [5, 5.41) is 19.0. The van der Waals surface area contributed by atoms with Gasteiger partial charge in [0.25, 0.3) is 0 Å². The zero-order chi connectivity index (χ0) is 19.1. The maximum absolute atomic E-state index is 5.89. The predicted molar refractivity (Wildman–Crippen MR) is 118 cm³/mol. The third-order valence-electron chi connectivity index (χ3n) is 3.86. The van der Waals surface area contributed by atoms with Crippen molar-refractivity contribution in [3.63, 3.8) is 0 Å². The van der Waals surface area contributed by atoms with Gasteiger partial charge in [0.05, 0.1) is 6.54 Å². The average Bonchev–Trinajstić information content (AvgIpc) is 3.34. The lowest BCUT2D eigenvalue weighted by Gasteiger charge is -2.11. The molecular weight excluding hydrogens is 495 g/mol. The molecule has 2 N–H and O–H groups in total. The predicted octanol–water partition coefficient (Wildman–Crippen LogP) is 2.53. The molecule has 150 valence electrons. The summed E-state index contributed by atoms with van der Waals surface area (Å²) in [5.74, 6) is 2.59. The van der Waals surface area contributed by atoms with Crippen molar-refractivity contribution in [3.8, 4) is 11.4 Å². The fraction of sp³-hybridized carbons (Fsp3) is 0.353. The molecule has 0 radical (unpaired) electrons. The lowest BCUT2D eigenvalue weighted by Crippen LogP contribution is -2.38. The van der Waals surface area contributed by atoms with Crippen LogP contribution in [0.4, 0.5) is 0 Å². The zero-order valence-electron chi connectivity index (χ0n) is 15.6. The summed E-state index contributed by atoms with van der Waals surface area (Å²) in [6, 6.07) is 7.27. The van der Waals surface area contributed by atoms with E-state index in [0.717, 1.165) is 24.4 Å². The first-order valence-electron chi connectivity index (χ1n) is 8.59. The van der Waals surface area contributed by atoms with Crippen LogP contribution in [0.25, 0.3) is 11.4 Å². The Bertz CT molecular complexity index is 893. The number of guanidine groups is 1. The van der Waals surface area contributed by atoms with Gasteiger partial charge in [0, 0.05) is 37.1 Å². The number of hydrogen-bond acceptors (Lipinski definition) is 6. The molecule has 0 saturated carbocycles. The monoisotopic (exact) mass is 516 g/mol. The Morgan fingerprint density at radius 1 is 1.25 bits per heavy atom. The quantitative estimate of drug-likeness (QED) is 0.282. The molecule has 3 aromatic rings. The van der Waals surface area contributed by atoms with Gasteiger partial charge in [0.15, 0.2) is 5.96 Å². The highest BCUT2D eigenvalue weighted by molar-refractivity contribution is 14.0. The molecule has 0 amide bonds. The second kappa shape index (κ2) is 11.0. The molecule has 0 saturated heterocycles. The van der Waals surface area contributed by atoms with Crippen molar-refractivity contribution in [1.29, 1.82) is 0 Å². The Balaban J connectivity index is 0.00000280. The minimum Gasteiger partial charge on any atom is -0.355 e. The third-order valence-corrected chi connectivity index (χ3v) is 4.11. The fourth-order valence-corrected chi connectivity index (χ4v) is 2.58. The van der Waals surface area contributed by atoms with Crippen molar-refractivity contribution < 1.29 is 4.52 Å². The van der Waals surface area contributed by atoms with Gasteiger partial charge in [-0.3, -0.25) is 4.99 Å². The van der Waals surface area contributed by atoms with Crippen LogP contribution in [0.15, 0.2) is 40.1 Å². The maximum Gasteiger partial charge on any atom is 0.246 e. The highest BCUT2D eigenvalue weighted by Crippen LogP contribution is 2.18. The Kier molecular flexibility index (Phi) is 8.64. The summed E-state index contributed by atoms with van der Waals surface area (Å²) >= 11 is 5.89. The van der Waals surface area contributed by atoms with Gasteiger partial charge < -0.3 is 19.7 Å². The highest BCUT2D eigenvalue weighted by atomic mass is 127. The molecule has 0 aliphatic carbocycles. The first-order chi connectivity index (χ1) is 13.2. The number of aliphatic imine (C=N–C) groups is 1. The van der Waals surface area contributed by atoms with Crippen LogP contribution in [0.3, 0.4) is 0 Å². The molecule has 28 heavy (non-hydrogen) atoms. The van der Waals surface area contributed by atoms with Crippen LogP contribution in [-0.2, 0) is 19.5 Å². The smallest absolute Gasteiger partial charge is 0.246 e. The van der Waals surface area contributed by atoms with Crippen LogP contribution >= 0.6 is 35.6 Å². The molecule has 2 heterocycles. The zero-order valence-corrected chi connectivity index (χ0v) is 18.7. The fourth-order valence-electron chi connectivity index (χ4n) is 2.46. The Morgan fingerprint density at radius 2 is 2.04 bits per heavy atom. The molecule has 0 unspecified atom stereocenters. The Labute approximate surface area is 185 Å². The second-order valence-corrected chi connectivity index (χ2v) is 6.10. The summed E-state index contributed by atoms with van der Waals surface area (Å²) in [6.07, 6.45) is 2.58. The van der Waals surface area contributed by atoms with E-state index in [4.69, 9.17) is 16.1 Å². The highest BCUT2D eigenvalue weighted by Gasteiger charge is 2.09. The van der Waals surface area contributed by atoms with E-state index in [0.29, 0.717) is 35.8 Å². The molecule has 0 aliphatic rings. The lowest BCUT2D eigenvalue weighted by molar-refractivity contribution is 0.375. The van der Waals surface area contributed by atoms with Gasteiger partial charge in [-0.25, -0.2) is 0 Å². The van der Waals surface area contributed by atoms with Gasteiger partial charge in [-0.05, 0) is 24.3 Å². The summed E-state index contributed by atoms with van der Waals surface area (Å²) in [7, 11) is 1.71. The van der Waals surface area contributed by atoms with Gasteiger partial charge in [-0.1, -0.05) is 23.7 Å². The standard InChI is InChI=1S/C17H21ClN8O.HI/c1-3-14-24-22-11-26(14)9-8-20-17(19-2)21-10-15-23-16(25-27-15)12-4-6-13(18)7-5-12;/h4-7,11H,3,8-10H2,1-2H3,(H2,19,20,21);1H. The first-order valence-corrected chi connectivity index (χ1v) is 8.97. The normalized spacial score (nSPS) is 11.2.